The Bertz CT molecular complexity index is 596. The maximum atomic E-state index is 12.4. The molecule has 3 nitrogen and oxygen atoms in total. The zero-order valence-electron chi connectivity index (χ0n) is 10.1. The molecule has 92 valence electrons. The fourth-order valence-electron chi connectivity index (χ4n) is 2.79. The normalized spacial score (nSPS) is 26.6. The van der Waals surface area contributed by atoms with Crippen LogP contribution in [0.25, 0.3) is 0 Å². The monoisotopic (exact) mass is 242 g/mol. The molecule has 0 spiro atoms. The topological polar surface area (TPSA) is 57.5 Å². The van der Waals surface area contributed by atoms with Crippen molar-refractivity contribution in [1.82, 2.24) is 0 Å². The van der Waals surface area contributed by atoms with Gasteiger partial charge in [0.05, 0.1) is 6.10 Å². The molecule has 1 aromatic rings. The van der Waals surface area contributed by atoms with E-state index >= 15 is 0 Å². The summed E-state index contributed by atoms with van der Waals surface area (Å²) in [7, 11) is 0. The fraction of sp³-hybridized carbons (Fsp3) is 0.267. The van der Waals surface area contributed by atoms with Crippen molar-refractivity contribution in [3.8, 4) is 0 Å². The minimum Gasteiger partial charge on any atom is -0.507 e. The molecule has 0 bridgehead atoms. The highest BCUT2D eigenvalue weighted by Gasteiger charge is 2.40. The molecule has 2 aliphatic rings. The molecule has 0 unspecified atom stereocenters. The van der Waals surface area contributed by atoms with Crippen LogP contribution in [0.4, 0.5) is 0 Å². The molecule has 0 fully saturated rings. The molecular weight excluding hydrogens is 228 g/mol. The van der Waals surface area contributed by atoms with Gasteiger partial charge in [-0.25, -0.2) is 0 Å². The number of carbonyl (C=O) groups excluding carboxylic acids is 1. The zero-order valence-corrected chi connectivity index (χ0v) is 10.1. The van der Waals surface area contributed by atoms with Gasteiger partial charge in [-0.15, -0.1) is 0 Å². The van der Waals surface area contributed by atoms with Gasteiger partial charge in [0.25, 0.3) is 0 Å². The number of hydrogen-bond donors (Lipinski definition) is 2. The minimum atomic E-state index is -0.722. The molecule has 3 heteroatoms. The highest BCUT2D eigenvalue weighted by atomic mass is 16.3. The Hall–Kier alpha value is -1.87. The van der Waals surface area contributed by atoms with Crippen LogP contribution in [0.5, 0.6) is 0 Å². The van der Waals surface area contributed by atoms with Gasteiger partial charge in [0.15, 0.2) is 5.78 Å². The fourth-order valence-corrected chi connectivity index (χ4v) is 2.79. The second-order valence-corrected chi connectivity index (χ2v) is 4.85. The summed E-state index contributed by atoms with van der Waals surface area (Å²) in [6.07, 6.45) is 1.74. The third-order valence-corrected chi connectivity index (χ3v) is 3.83. The highest BCUT2D eigenvalue weighted by Crippen LogP contribution is 2.43. The number of ketones is 1. The van der Waals surface area contributed by atoms with Gasteiger partial charge in [0.2, 0.25) is 0 Å². The zero-order chi connectivity index (χ0) is 12.9. The standard InChI is InChI=1S/C15H14O3/c1-8-6-7-11-12(13(8)16)15(18)10-5-3-2-4-9(10)14(11)17/h2-6,11,14,16-17H,7H2,1H3/t11-,14+/m1/s1. The van der Waals surface area contributed by atoms with E-state index < -0.39 is 6.10 Å². The Morgan fingerprint density at radius 3 is 2.78 bits per heavy atom. The van der Waals surface area contributed by atoms with Crippen LogP contribution in [0.1, 0.15) is 35.4 Å². The summed E-state index contributed by atoms with van der Waals surface area (Å²) in [5.41, 5.74) is 2.23. The number of aliphatic hydroxyl groups is 2. The van der Waals surface area contributed by atoms with Crippen LogP contribution >= 0.6 is 0 Å². The van der Waals surface area contributed by atoms with Crippen molar-refractivity contribution in [2.45, 2.75) is 19.4 Å². The number of Topliss-reactive ketones (excluding diaryl/α,β-unsaturated/α-hetero) is 1. The van der Waals surface area contributed by atoms with Gasteiger partial charge < -0.3 is 10.2 Å². The smallest absolute Gasteiger partial charge is 0.193 e. The summed E-state index contributed by atoms with van der Waals surface area (Å²) in [5, 5.41) is 20.4. The number of allylic oxidation sites excluding steroid dienone is 2. The Balaban J connectivity index is 2.24. The van der Waals surface area contributed by atoms with Crippen molar-refractivity contribution in [2.75, 3.05) is 0 Å². The van der Waals surface area contributed by atoms with E-state index in [1.54, 1.807) is 25.1 Å². The van der Waals surface area contributed by atoms with Gasteiger partial charge in [-0.1, -0.05) is 30.3 Å². The first-order valence-corrected chi connectivity index (χ1v) is 6.03. The summed E-state index contributed by atoms with van der Waals surface area (Å²) in [6, 6.07) is 7.06. The van der Waals surface area contributed by atoms with Gasteiger partial charge >= 0.3 is 0 Å². The van der Waals surface area contributed by atoms with Crippen molar-refractivity contribution in [3.63, 3.8) is 0 Å². The van der Waals surface area contributed by atoms with E-state index in [4.69, 9.17) is 0 Å². The van der Waals surface area contributed by atoms with E-state index in [9.17, 15) is 15.0 Å². The molecule has 3 rings (SSSR count). The van der Waals surface area contributed by atoms with Crippen LogP contribution in [0, 0.1) is 5.92 Å². The van der Waals surface area contributed by atoms with Crippen LogP contribution in [-0.4, -0.2) is 16.0 Å². The number of hydrogen-bond acceptors (Lipinski definition) is 3. The molecule has 0 saturated heterocycles. The van der Waals surface area contributed by atoms with E-state index in [1.165, 1.54) is 0 Å². The average molecular weight is 242 g/mol. The van der Waals surface area contributed by atoms with Gasteiger partial charge in [0, 0.05) is 17.1 Å². The third kappa shape index (κ3) is 1.37. The summed E-state index contributed by atoms with van der Waals surface area (Å²) in [4.78, 5) is 12.4. The lowest BCUT2D eigenvalue weighted by molar-refractivity contribution is 0.0853. The van der Waals surface area contributed by atoms with Crippen molar-refractivity contribution < 1.29 is 15.0 Å². The van der Waals surface area contributed by atoms with Crippen molar-refractivity contribution in [2.24, 2.45) is 5.92 Å². The largest absolute Gasteiger partial charge is 0.507 e. The van der Waals surface area contributed by atoms with Crippen molar-refractivity contribution in [1.29, 1.82) is 0 Å². The molecule has 0 amide bonds. The summed E-state index contributed by atoms with van der Waals surface area (Å²) < 4.78 is 0. The number of carbonyl (C=O) groups is 1. The SMILES string of the molecule is CC1=CC[C@@H]2C(=C1O)C(=O)c1ccccc1[C@@H]2O. The minimum absolute atomic E-state index is 0.0322. The molecule has 0 aromatic heterocycles. The van der Waals surface area contributed by atoms with Crippen LogP contribution in [0.15, 0.2) is 47.2 Å². The van der Waals surface area contributed by atoms with Crippen LogP contribution in [0.2, 0.25) is 0 Å². The molecule has 0 radical (unpaired) electrons. The summed E-state index contributed by atoms with van der Waals surface area (Å²) >= 11 is 0. The summed E-state index contributed by atoms with van der Waals surface area (Å²) in [5.74, 6) is -0.452. The predicted octanol–water partition coefficient (Wildman–Crippen LogP) is 2.69. The van der Waals surface area contributed by atoms with Gasteiger partial charge in [-0.05, 0) is 24.5 Å². The quantitative estimate of drug-likeness (QED) is 0.735. The average Bonchev–Trinajstić information content (AvgIpc) is 2.39. The third-order valence-electron chi connectivity index (χ3n) is 3.83. The molecular formula is C15H14O3. The molecule has 0 heterocycles. The first-order valence-electron chi connectivity index (χ1n) is 6.03. The van der Waals surface area contributed by atoms with Crippen molar-refractivity contribution in [3.05, 3.63) is 58.4 Å². The van der Waals surface area contributed by atoms with Gasteiger partial charge in [-0.3, -0.25) is 4.79 Å². The van der Waals surface area contributed by atoms with E-state index in [1.807, 2.05) is 12.1 Å². The van der Waals surface area contributed by atoms with Crippen molar-refractivity contribution >= 4 is 5.78 Å². The highest BCUT2D eigenvalue weighted by molar-refractivity contribution is 6.12. The first kappa shape index (κ1) is 11.2. The first-order chi connectivity index (χ1) is 8.61. The summed E-state index contributed by atoms with van der Waals surface area (Å²) in [6.45, 7) is 1.78. The molecule has 0 saturated carbocycles. The second kappa shape index (κ2) is 3.82. The molecule has 1 aromatic carbocycles. The van der Waals surface area contributed by atoms with Crippen LogP contribution in [-0.2, 0) is 0 Å². The Kier molecular flexibility index (Phi) is 2.38. The maximum Gasteiger partial charge on any atom is 0.193 e. The molecule has 2 aliphatic carbocycles. The van der Waals surface area contributed by atoms with Crippen LogP contribution in [0.3, 0.4) is 0 Å². The molecule has 2 atom stereocenters. The van der Waals surface area contributed by atoms with E-state index in [2.05, 4.69) is 0 Å². The van der Waals surface area contributed by atoms with Gasteiger partial charge in [0.1, 0.15) is 5.76 Å². The molecule has 18 heavy (non-hydrogen) atoms. The van der Waals surface area contributed by atoms with Crippen LogP contribution < -0.4 is 0 Å². The lowest BCUT2D eigenvalue weighted by atomic mass is 9.72. The number of benzene rings is 1. The number of aliphatic hydroxyl groups excluding tert-OH is 2. The lowest BCUT2D eigenvalue weighted by Crippen LogP contribution is -2.30. The Morgan fingerprint density at radius 2 is 2.00 bits per heavy atom. The Morgan fingerprint density at radius 1 is 1.28 bits per heavy atom. The maximum absolute atomic E-state index is 12.4. The van der Waals surface area contributed by atoms with E-state index in [-0.39, 0.29) is 17.5 Å². The van der Waals surface area contributed by atoms with E-state index in [0.717, 1.165) is 0 Å². The number of fused-ring (bicyclic) bond motifs is 2. The lowest BCUT2D eigenvalue weighted by Gasteiger charge is -2.33. The molecule has 0 aliphatic heterocycles. The predicted molar refractivity (Wildman–Crippen MR) is 67.3 cm³/mol. The molecule has 2 N–H and O–H groups in total. The number of rotatable bonds is 0. The van der Waals surface area contributed by atoms with E-state index in [0.29, 0.717) is 28.7 Å². The van der Waals surface area contributed by atoms with Gasteiger partial charge in [-0.2, -0.15) is 0 Å². The second-order valence-electron chi connectivity index (χ2n) is 4.85. The Labute approximate surface area is 105 Å².